The summed E-state index contributed by atoms with van der Waals surface area (Å²) in [6.45, 7) is 0.331. The lowest BCUT2D eigenvalue weighted by atomic mass is 10.2. The van der Waals surface area contributed by atoms with Crippen LogP contribution in [0.5, 0.6) is 0 Å². The number of carbonyl (C=O) groups excluding carboxylic acids is 1. The molecule has 1 rings (SSSR count). The molecule has 6 nitrogen and oxygen atoms in total. The van der Waals surface area contributed by atoms with Crippen molar-refractivity contribution < 1.29 is 17.9 Å². The first kappa shape index (κ1) is 12.4. The average Bonchev–Trinajstić information content (AvgIpc) is 2.96. The number of nitrogens with two attached hydrogens (primary N) is 1. The molecular weight excluding hydrogens is 220 g/mol. The van der Waals surface area contributed by atoms with Crippen molar-refractivity contribution in [3.8, 4) is 0 Å². The van der Waals surface area contributed by atoms with Gasteiger partial charge in [-0.3, -0.25) is 9.52 Å². The van der Waals surface area contributed by atoms with E-state index in [4.69, 9.17) is 10.5 Å². The highest BCUT2D eigenvalue weighted by atomic mass is 32.2. The highest BCUT2D eigenvalue weighted by molar-refractivity contribution is 7.90. The van der Waals surface area contributed by atoms with Crippen LogP contribution >= 0.6 is 0 Å². The molecule has 1 atom stereocenters. The summed E-state index contributed by atoms with van der Waals surface area (Å²) in [6, 6.07) is -0.835. The average molecular weight is 236 g/mol. The second kappa shape index (κ2) is 4.91. The van der Waals surface area contributed by atoms with Gasteiger partial charge in [0.15, 0.2) is 0 Å². The molecule has 0 aromatic rings. The third-order valence-electron chi connectivity index (χ3n) is 2.18. The van der Waals surface area contributed by atoms with Gasteiger partial charge in [0.1, 0.15) is 0 Å². The molecule has 0 saturated heterocycles. The Morgan fingerprint density at radius 1 is 1.60 bits per heavy atom. The molecular formula is C8H16N2O4S. The first-order chi connectivity index (χ1) is 6.97. The molecule has 1 fully saturated rings. The van der Waals surface area contributed by atoms with Crippen LogP contribution in [0.15, 0.2) is 0 Å². The third kappa shape index (κ3) is 3.77. The maximum Gasteiger partial charge on any atom is 0.250 e. The minimum absolute atomic E-state index is 0.308. The molecule has 3 N–H and O–H groups in total. The monoisotopic (exact) mass is 236 g/mol. The summed E-state index contributed by atoms with van der Waals surface area (Å²) in [4.78, 5) is 11.3. The summed E-state index contributed by atoms with van der Waals surface area (Å²) < 4.78 is 29.4. The van der Waals surface area contributed by atoms with Gasteiger partial charge in [0.2, 0.25) is 15.9 Å². The molecule has 7 heteroatoms. The van der Waals surface area contributed by atoms with Gasteiger partial charge in [0.25, 0.3) is 0 Å². The van der Waals surface area contributed by atoms with E-state index < -0.39 is 27.2 Å². The fourth-order valence-electron chi connectivity index (χ4n) is 1.05. The lowest BCUT2D eigenvalue weighted by Crippen LogP contribution is -2.44. The van der Waals surface area contributed by atoms with Crippen molar-refractivity contribution in [3.05, 3.63) is 0 Å². The lowest BCUT2D eigenvalue weighted by Gasteiger charge is -2.11. The smallest absolute Gasteiger partial charge is 0.250 e. The van der Waals surface area contributed by atoms with Crippen LogP contribution in [0.3, 0.4) is 0 Å². The van der Waals surface area contributed by atoms with E-state index in [1.54, 1.807) is 0 Å². The van der Waals surface area contributed by atoms with Gasteiger partial charge in [0.05, 0.1) is 11.3 Å². The first-order valence-electron chi connectivity index (χ1n) is 4.77. The Morgan fingerprint density at radius 2 is 2.20 bits per heavy atom. The SMILES string of the molecule is COCCC(N)C(=O)NS(=O)(=O)C1CC1. The van der Waals surface area contributed by atoms with E-state index in [9.17, 15) is 13.2 Å². The predicted octanol–water partition coefficient (Wildman–Crippen LogP) is -1.04. The maximum absolute atomic E-state index is 11.4. The van der Waals surface area contributed by atoms with Gasteiger partial charge in [-0.2, -0.15) is 0 Å². The van der Waals surface area contributed by atoms with Crippen molar-refractivity contribution in [2.45, 2.75) is 30.6 Å². The van der Waals surface area contributed by atoms with Crippen LogP contribution in [-0.4, -0.2) is 39.3 Å². The number of sulfonamides is 1. The van der Waals surface area contributed by atoms with Gasteiger partial charge in [-0.1, -0.05) is 0 Å². The third-order valence-corrected chi connectivity index (χ3v) is 4.01. The Labute approximate surface area is 89.2 Å². The van der Waals surface area contributed by atoms with E-state index in [0.29, 0.717) is 25.9 Å². The van der Waals surface area contributed by atoms with Crippen LogP contribution in [0.25, 0.3) is 0 Å². The van der Waals surface area contributed by atoms with Gasteiger partial charge in [0, 0.05) is 13.7 Å². The topological polar surface area (TPSA) is 98.5 Å². The van der Waals surface area contributed by atoms with Crippen molar-refractivity contribution in [3.63, 3.8) is 0 Å². The Hall–Kier alpha value is -0.660. The minimum Gasteiger partial charge on any atom is -0.385 e. The van der Waals surface area contributed by atoms with E-state index in [-0.39, 0.29) is 0 Å². The summed E-state index contributed by atoms with van der Waals surface area (Å²) in [7, 11) is -1.99. The zero-order valence-electron chi connectivity index (χ0n) is 8.60. The van der Waals surface area contributed by atoms with Gasteiger partial charge < -0.3 is 10.5 Å². The van der Waals surface area contributed by atoms with Crippen LogP contribution in [-0.2, 0) is 19.6 Å². The van der Waals surface area contributed by atoms with Crippen LogP contribution in [0.1, 0.15) is 19.3 Å². The summed E-state index contributed by atoms with van der Waals surface area (Å²) in [5, 5.41) is -0.406. The molecule has 1 amide bonds. The standard InChI is InChI=1S/C8H16N2O4S/c1-14-5-4-7(9)8(11)10-15(12,13)6-2-3-6/h6-7H,2-5,9H2,1H3,(H,10,11). The van der Waals surface area contributed by atoms with Crippen molar-refractivity contribution in [2.24, 2.45) is 5.73 Å². The summed E-state index contributed by atoms with van der Waals surface area (Å²) in [5.74, 6) is -0.654. The van der Waals surface area contributed by atoms with E-state index >= 15 is 0 Å². The van der Waals surface area contributed by atoms with Crippen molar-refractivity contribution in [1.29, 1.82) is 0 Å². The van der Waals surface area contributed by atoms with Crippen molar-refractivity contribution in [1.82, 2.24) is 4.72 Å². The Morgan fingerprint density at radius 3 is 2.67 bits per heavy atom. The molecule has 1 aliphatic carbocycles. The molecule has 0 heterocycles. The largest absolute Gasteiger partial charge is 0.385 e. The number of hydrogen-bond donors (Lipinski definition) is 2. The maximum atomic E-state index is 11.4. The van der Waals surface area contributed by atoms with Crippen molar-refractivity contribution in [2.75, 3.05) is 13.7 Å². The highest BCUT2D eigenvalue weighted by Gasteiger charge is 2.37. The fourth-order valence-corrected chi connectivity index (χ4v) is 2.41. The van der Waals surface area contributed by atoms with Gasteiger partial charge in [-0.15, -0.1) is 0 Å². The molecule has 0 aromatic carbocycles. The molecule has 1 aliphatic rings. The van der Waals surface area contributed by atoms with Gasteiger partial charge in [-0.05, 0) is 19.3 Å². The van der Waals surface area contributed by atoms with Crippen molar-refractivity contribution >= 4 is 15.9 Å². The number of methoxy groups -OCH3 is 1. The molecule has 0 radical (unpaired) electrons. The van der Waals surface area contributed by atoms with Crippen LogP contribution in [0, 0.1) is 0 Å². The molecule has 1 saturated carbocycles. The number of ether oxygens (including phenoxy) is 1. The number of rotatable bonds is 6. The highest BCUT2D eigenvalue weighted by Crippen LogP contribution is 2.27. The Bertz CT molecular complexity index is 324. The quantitative estimate of drug-likeness (QED) is 0.613. The second-order valence-electron chi connectivity index (χ2n) is 3.60. The number of amides is 1. The fraction of sp³-hybridized carbons (Fsp3) is 0.875. The van der Waals surface area contributed by atoms with E-state index in [1.807, 2.05) is 4.72 Å². The Kier molecular flexibility index (Phi) is 4.06. The zero-order valence-corrected chi connectivity index (χ0v) is 9.42. The molecule has 0 aliphatic heterocycles. The van der Waals surface area contributed by atoms with E-state index in [0.717, 1.165) is 0 Å². The van der Waals surface area contributed by atoms with E-state index in [2.05, 4.69) is 0 Å². The van der Waals surface area contributed by atoms with Crippen LogP contribution < -0.4 is 10.5 Å². The predicted molar refractivity (Wildman–Crippen MR) is 54.6 cm³/mol. The second-order valence-corrected chi connectivity index (χ2v) is 5.56. The number of carbonyl (C=O) groups is 1. The normalized spacial score (nSPS) is 18.5. The van der Waals surface area contributed by atoms with Crippen LogP contribution in [0.2, 0.25) is 0 Å². The van der Waals surface area contributed by atoms with Gasteiger partial charge in [-0.25, -0.2) is 8.42 Å². The Balaban J connectivity index is 2.40. The number of nitrogens with one attached hydrogen (secondary N) is 1. The summed E-state index contributed by atoms with van der Waals surface area (Å²) in [6.07, 6.45) is 1.55. The molecule has 1 unspecified atom stereocenters. The molecule has 0 bridgehead atoms. The molecule has 88 valence electrons. The van der Waals surface area contributed by atoms with E-state index in [1.165, 1.54) is 7.11 Å². The first-order valence-corrected chi connectivity index (χ1v) is 6.32. The summed E-state index contributed by atoms with van der Waals surface area (Å²) >= 11 is 0. The van der Waals surface area contributed by atoms with Crippen LogP contribution in [0.4, 0.5) is 0 Å². The molecule has 0 aromatic heterocycles. The van der Waals surface area contributed by atoms with Gasteiger partial charge >= 0.3 is 0 Å². The lowest BCUT2D eigenvalue weighted by molar-refractivity contribution is -0.120. The summed E-state index contributed by atoms with van der Waals surface area (Å²) in [5.41, 5.74) is 5.47. The molecule has 0 spiro atoms. The zero-order chi connectivity index (χ0) is 11.5. The minimum atomic E-state index is -3.48. The number of hydrogen-bond acceptors (Lipinski definition) is 5. The molecule has 15 heavy (non-hydrogen) atoms.